The van der Waals surface area contributed by atoms with Gasteiger partial charge >= 0.3 is 13.1 Å². The Kier molecular flexibility index (Phi) is 5.78. The monoisotopic (exact) mass is 319 g/mol. The summed E-state index contributed by atoms with van der Waals surface area (Å²) in [5.41, 5.74) is 0.644. The number of hydrogen-bond acceptors (Lipinski definition) is 5. The average molecular weight is 319 g/mol. The van der Waals surface area contributed by atoms with E-state index < -0.39 is 25.1 Å². The number of rotatable bonds is 5. The van der Waals surface area contributed by atoms with Gasteiger partial charge in [0.05, 0.1) is 24.9 Å². The first-order valence-corrected chi connectivity index (χ1v) is 7.23. The predicted molar refractivity (Wildman–Crippen MR) is 82.6 cm³/mol. The lowest BCUT2D eigenvalue weighted by molar-refractivity contribution is -0.138. The van der Waals surface area contributed by atoms with E-state index in [2.05, 4.69) is 5.32 Å². The molecule has 1 aliphatic heterocycles. The Labute approximate surface area is 133 Å². The van der Waals surface area contributed by atoms with Crippen LogP contribution in [0, 0.1) is 0 Å². The summed E-state index contributed by atoms with van der Waals surface area (Å²) in [6.07, 6.45) is 2.66. The molecule has 0 aliphatic carbocycles. The third-order valence-electron chi connectivity index (χ3n) is 3.40. The van der Waals surface area contributed by atoms with Crippen molar-refractivity contribution in [3.05, 3.63) is 42.0 Å². The molecule has 23 heavy (non-hydrogen) atoms. The minimum atomic E-state index is -1.29. The number of phenolic OH excluding ortho intramolecular Hbond substituents is 1. The predicted octanol–water partition coefficient (Wildman–Crippen LogP) is 0.259. The van der Waals surface area contributed by atoms with Crippen molar-refractivity contribution in [1.82, 2.24) is 5.32 Å². The van der Waals surface area contributed by atoms with Gasteiger partial charge < -0.3 is 25.2 Å². The molecule has 2 rings (SSSR count). The van der Waals surface area contributed by atoms with Crippen LogP contribution in [-0.2, 0) is 20.7 Å². The molecule has 0 saturated heterocycles. The van der Waals surface area contributed by atoms with Crippen LogP contribution in [0.15, 0.2) is 36.4 Å². The Hall–Kier alpha value is -2.32. The molecule has 1 heterocycles. The number of aromatic hydroxyl groups is 1. The van der Waals surface area contributed by atoms with Crippen molar-refractivity contribution in [1.29, 1.82) is 0 Å². The number of hydrogen-bond donors (Lipinski definition) is 4. The molecule has 4 N–H and O–H groups in total. The van der Waals surface area contributed by atoms with E-state index in [9.17, 15) is 19.7 Å². The highest BCUT2D eigenvalue weighted by Gasteiger charge is 2.32. The van der Waals surface area contributed by atoms with Gasteiger partial charge in [-0.05, 0) is 24.1 Å². The van der Waals surface area contributed by atoms with Gasteiger partial charge in [-0.2, -0.15) is 0 Å². The molecule has 0 fully saturated rings. The van der Waals surface area contributed by atoms with Crippen LogP contribution in [0.2, 0.25) is 0 Å². The molecule has 0 bridgehead atoms. The minimum absolute atomic E-state index is 0.0554. The number of carboxylic acids is 1. The van der Waals surface area contributed by atoms with Crippen LogP contribution in [0.1, 0.15) is 18.4 Å². The van der Waals surface area contributed by atoms with Crippen molar-refractivity contribution < 1.29 is 29.5 Å². The molecular formula is C15H18BNO6. The van der Waals surface area contributed by atoms with E-state index in [1.54, 1.807) is 24.3 Å². The van der Waals surface area contributed by atoms with E-state index in [-0.39, 0.29) is 24.5 Å². The maximum Gasteiger partial charge on any atom is 0.478 e. The van der Waals surface area contributed by atoms with Crippen LogP contribution < -0.4 is 5.32 Å². The van der Waals surface area contributed by atoms with Gasteiger partial charge in [-0.3, -0.25) is 9.59 Å². The summed E-state index contributed by atoms with van der Waals surface area (Å²) >= 11 is 0. The maximum atomic E-state index is 12.0. The normalized spacial score (nSPS) is 20.8. The lowest BCUT2D eigenvalue weighted by Crippen LogP contribution is -2.48. The van der Waals surface area contributed by atoms with Gasteiger partial charge in [0.2, 0.25) is 5.91 Å². The van der Waals surface area contributed by atoms with E-state index in [0.717, 1.165) is 0 Å². The molecule has 1 amide bonds. The number of carbonyl (C=O) groups excluding carboxylic acids is 1. The Morgan fingerprint density at radius 2 is 2.17 bits per heavy atom. The quantitative estimate of drug-likeness (QED) is 0.457. The average Bonchev–Trinajstić information content (AvgIpc) is 2.60. The second kappa shape index (κ2) is 7.80. The number of carbonyl (C=O) groups is 2. The lowest BCUT2D eigenvalue weighted by Gasteiger charge is -2.20. The number of benzene rings is 1. The topological polar surface area (TPSA) is 116 Å². The highest BCUT2D eigenvalue weighted by molar-refractivity contribution is 6.45. The lowest BCUT2D eigenvalue weighted by atomic mass is 9.77. The SMILES string of the molecule is O=C(O)C[C@H]1C=CC[C@H](NC(=O)Cc2cccc(O)c2)B(O)O1. The molecule has 0 spiro atoms. The molecule has 8 heteroatoms. The van der Waals surface area contributed by atoms with Gasteiger partial charge in [0, 0.05) is 0 Å². The van der Waals surface area contributed by atoms with Gasteiger partial charge in [0.15, 0.2) is 0 Å². The summed E-state index contributed by atoms with van der Waals surface area (Å²) in [6.45, 7) is 0. The molecule has 0 unspecified atom stereocenters. The zero-order chi connectivity index (χ0) is 16.8. The summed E-state index contributed by atoms with van der Waals surface area (Å²) in [7, 11) is -1.29. The van der Waals surface area contributed by atoms with Crippen LogP contribution in [0.5, 0.6) is 5.75 Å². The fourth-order valence-electron chi connectivity index (χ4n) is 2.34. The molecule has 1 aromatic carbocycles. The summed E-state index contributed by atoms with van der Waals surface area (Å²) in [4.78, 5) is 22.7. The second-order valence-electron chi connectivity index (χ2n) is 5.35. The van der Waals surface area contributed by atoms with Gasteiger partial charge in [-0.1, -0.05) is 24.3 Å². The molecule has 0 radical (unpaired) electrons. The number of nitrogens with one attached hydrogen (secondary N) is 1. The molecule has 2 atom stereocenters. The first kappa shape index (κ1) is 17.0. The summed E-state index contributed by atoms with van der Waals surface area (Å²) in [6, 6.07) is 6.35. The van der Waals surface area contributed by atoms with Gasteiger partial charge in [-0.15, -0.1) is 0 Å². The van der Waals surface area contributed by atoms with E-state index >= 15 is 0 Å². The number of carboxylic acid groups (broad SMARTS) is 1. The van der Waals surface area contributed by atoms with E-state index in [0.29, 0.717) is 12.0 Å². The Bertz CT molecular complexity index is 605. The highest BCUT2D eigenvalue weighted by Crippen LogP contribution is 2.14. The van der Waals surface area contributed by atoms with Crippen molar-refractivity contribution in [2.24, 2.45) is 0 Å². The molecule has 1 aromatic rings. The third kappa shape index (κ3) is 5.43. The van der Waals surface area contributed by atoms with Gasteiger partial charge in [0.1, 0.15) is 5.75 Å². The number of amides is 1. The van der Waals surface area contributed by atoms with Crippen molar-refractivity contribution in [2.75, 3.05) is 0 Å². The zero-order valence-corrected chi connectivity index (χ0v) is 12.4. The van der Waals surface area contributed by atoms with Crippen LogP contribution in [0.4, 0.5) is 0 Å². The van der Waals surface area contributed by atoms with Crippen LogP contribution >= 0.6 is 0 Å². The Balaban J connectivity index is 1.90. The molecule has 0 aromatic heterocycles. The molecule has 7 nitrogen and oxygen atoms in total. The van der Waals surface area contributed by atoms with E-state index in [1.165, 1.54) is 12.1 Å². The standard InChI is InChI=1S/C15H18BNO6/c18-11-4-1-3-10(7-11)8-14(19)17-13-6-2-5-12(9-15(20)21)23-16(13)22/h1-5,7,12-13,18,22H,6,8-9H2,(H,17,19)(H,20,21)/t12-,13+/m1/s1. The summed E-state index contributed by atoms with van der Waals surface area (Å²) < 4.78 is 5.24. The van der Waals surface area contributed by atoms with Crippen molar-refractivity contribution >= 4 is 19.0 Å². The first-order valence-electron chi connectivity index (χ1n) is 7.23. The highest BCUT2D eigenvalue weighted by atomic mass is 16.5. The minimum Gasteiger partial charge on any atom is -0.508 e. The Morgan fingerprint density at radius 1 is 1.39 bits per heavy atom. The van der Waals surface area contributed by atoms with Crippen molar-refractivity contribution in [3.8, 4) is 5.75 Å². The smallest absolute Gasteiger partial charge is 0.478 e. The molecule has 122 valence electrons. The van der Waals surface area contributed by atoms with Crippen LogP contribution in [0.25, 0.3) is 0 Å². The van der Waals surface area contributed by atoms with Crippen molar-refractivity contribution in [2.45, 2.75) is 31.3 Å². The molecule has 1 aliphatic rings. The maximum absolute atomic E-state index is 12.0. The van der Waals surface area contributed by atoms with Gasteiger partial charge in [0.25, 0.3) is 0 Å². The zero-order valence-electron chi connectivity index (χ0n) is 12.4. The third-order valence-corrected chi connectivity index (χ3v) is 3.40. The van der Waals surface area contributed by atoms with Crippen LogP contribution in [0.3, 0.4) is 0 Å². The largest absolute Gasteiger partial charge is 0.508 e. The fourth-order valence-corrected chi connectivity index (χ4v) is 2.34. The first-order chi connectivity index (χ1) is 10.9. The molecular weight excluding hydrogens is 301 g/mol. The van der Waals surface area contributed by atoms with Gasteiger partial charge in [-0.25, -0.2) is 0 Å². The number of aliphatic carboxylic acids is 1. The van der Waals surface area contributed by atoms with Crippen molar-refractivity contribution in [3.63, 3.8) is 0 Å². The van der Waals surface area contributed by atoms with Crippen LogP contribution in [-0.4, -0.2) is 46.3 Å². The summed E-state index contributed by atoms with van der Waals surface area (Å²) in [5, 5.41) is 30.8. The van der Waals surface area contributed by atoms with E-state index in [1.807, 2.05) is 0 Å². The Morgan fingerprint density at radius 3 is 2.87 bits per heavy atom. The van der Waals surface area contributed by atoms with E-state index in [4.69, 9.17) is 9.76 Å². The fraction of sp³-hybridized carbons (Fsp3) is 0.333. The summed E-state index contributed by atoms with van der Waals surface area (Å²) in [5.74, 6) is -1.94. The molecule has 0 saturated carbocycles. The number of phenols is 1. The second-order valence-corrected chi connectivity index (χ2v) is 5.35.